The SMILES string of the molecule is CCOC(=O)c1ccc(N2CCCC(N=[N+]=[N-])C2)cc1. The van der Waals surface area contributed by atoms with E-state index in [1.54, 1.807) is 19.1 Å². The summed E-state index contributed by atoms with van der Waals surface area (Å²) >= 11 is 0. The van der Waals surface area contributed by atoms with Crippen LogP contribution in [0.15, 0.2) is 29.4 Å². The number of carbonyl (C=O) groups excluding carboxylic acids is 1. The Bertz CT molecular complexity index is 508. The van der Waals surface area contributed by atoms with Gasteiger partial charge in [0, 0.05) is 23.7 Å². The van der Waals surface area contributed by atoms with E-state index in [1.807, 2.05) is 12.1 Å². The summed E-state index contributed by atoms with van der Waals surface area (Å²) < 4.78 is 4.95. The van der Waals surface area contributed by atoms with Crippen LogP contribution in [-0.2, 0) is 4.74 Å². The Morgan fingerprint density at radius 2 is 2.25 bits per heavy atom. The van der Waals surface area contributed by atoms with Crippen molar-refractivity contribution in [3.8, 4) is 0 Å². The second-order valence-corrected chi connectivity index (χ2v) is 4.71. The van der Waals surface area contributed by atoms with Gasteiger partial charge in [-0.3, -0.25) is 0 Å². The predicted octanol–water partition coefficient (Wildman–Crippen LogP) is 3.14. The van der Waals surface area contributed by atoms with Gasteiger partial charge in [0.25, 0.3) is 0 Å². The van der Waals surface area contributed by atoms with Crippen LogP contribution in [0.1, 0.15) is 30.1 Å². The number of rotatable bonds is 4. The molecule has 0 aliphatic carbocycles. The summed E-state index contributed by atoms with van der Waals surface area (Å²) in [5, 5.41) is 3.79. The van der Waals surface area contributed by atoms with Crippen molar-refractivity contribution in [3.63, 3.8) is 0 Å². The summed E-state index contributed by atoms with van der Waals surface area (Å²) in [4.78, 5) is 16.6. The van der Waals surface area contributed by atoms with Gasteiger partial charge in [-0.25, -0.2) is 4.79 Å². The molecule has 1 fully saturated rings. The van der Waals surface area contributed by atoms with E-state index in [0.717, 1.165) is 31.6 Å². The van der Waals surface area contributed by atoms with Gasteiger partial charge >= 0.3 is 5.97 Å². The van der Waals surface area contributed by atoms with Crippen LogP contribution in [0.5, 0.6) is 0 Å². The molecule has 1 heterocycles. The van der Waals surface area contributed by atoms with Crippen molar-refractivity contribution < 1.29 is 9.53 Å². The molecule has 6 nitrogen and oxygen atoms in total. The molecule has 0 aromatic heterocycles. The average Bonchev–Trinajstić information content (AvgIpc) is 2.48. The summed E-state index contributed by atoms with van der Waals surface area (Å²) in [6.45, 7) is 3.83. The molecule has 1 aliphatic rings. The van der Waals surface area contributed by atoms with Crippen molar-refractivity contribution in [1.29, 1.82) is 0 Å². The first-order chi connectivity index (χ1) is 9.74. The zero-order chi connectivity index (χ0) is 14.4. The molecule has 2 rings (SSSR count). The van der Waals surface area contributed by atoms with E-state index in [9.17, 15) is 4.79 Å². The van der Waals surface area contributed by atoms with Crippen LogP contribution in [0.4, 0.5) is 5.69 Å². The molecule has 20 heavy (non-hydrogen) atoms. The van der Waals surface area contributed by atoms with E-state index in [1.165, 1.54) is 0 Å². The van der Waals surface area contributed by atoms with Crippen LogP contribution < -0.4 is 4.90 Å². The summed E-state index contributed by atoms with van der Waals surface area (Å²) in [6.07, 6.45) is 1.94. The van der Waals surface area contributed by atoms with E-state index in [-0.39, 0.29) is 12.0 Å². The van der Waals surface area contributed by atoms with Crippen LogP contribution in [0.2, 0.25) is 0 Å². The summed E-state index contributed by atoms with van der Waals surface area (Å²) in [5.41, 5.74) is 10.1. The number of carbonyl (C=O) groups is 1. The van der Waals surface area contributed by atoms with Gasteiger partial charge in [-0.05, 0) is 49.6 Å². The first kappa shape index (κ1) is 14.2. The molecule has 1 aromatic carbocycles. The molecule has 1 unspecified atom stereocenters. The Morgan fingerprint density at radius 1 is 1.50 bits per heavy atom. The smallest absolute Gasteiger partial charge is 0.338 e. The quantitative estimate of drug-likeness (QED) is 0.366. The number of piperidine rings is 1. The Morgan fingerprint density at radius 3 is 2.90 bits per heavy atom. The standard InChI is InChI=1S/C14H18N4O2/c1-2-20-14(19)11-5-7-13(8-6-11)18-9-3-4-12(10-18)16-17-15/h5-8,12H,2-4,9-10H2,1H3. The van der Waals surface area contributed by atoms with Crippen LogP contribution in [-0.4, -0.2) is 31.7 Å². The molecular weight excluding hydrogens is 256 g/mol. The first-order valence-corrected chi connectivity index (χ1v) is 6.81. The highest BCUT2D eigenvalue weighted by Crippen LogP contribution is 2.22. The van der Waals surface area contributed by atoms with Gasteiger partial charge in [-0.15, -0.1) is 0 Å². The number of nitrogens with zero attached hydrogens (tertiary/aromatic N) is 4. The van der Waals surface area contributed by atoms with Crippen molar-refractivity contribution in [1.82, 2.24) is 0 Å². The summed E-state index contributed by atoms with van der Waals surface area (Å²) in [5.74, 6) is -0.301. The number of anilines is 1. The lowest BCUT2D eigenvalue weighted by Crippen LogP contribution is -2.37. The van der Waals surface area contributed by atoms with Gasteiger partial charge in [0.2, 0.25) is 0 Å². The number of hydrogen-bond acceptors (Lipinski definition) is 4. The number of ether oxygens (including phenoxy) is 1. The lowest BCUT2D eigenvalue weighted by molar-refractivity contribution is 0.0526. The van der Waals surface area contributed by atoms with Gasteiger partial charge in [0.15, 0.2) is 0 Å². The lowest BCUT2D eigenvalue weighted by atomic mass is 10.1. The van der Waals surface area contributed by atoms with Crippen molar-refractivity contribution in [2.45, 2.75) is 25.8 Å². The van der Waals surface area contributed by atoms with Crippen LogP contribution >= 0.6 is 0 Å². The Balaban J connectivity index is 2.05. The van der Waals surface area contributed by atoms with Crippen molar-refractivity contribution in [2.75, 3.05) is 24.6 Å². The molecule has 6 heteroatoms. The second kappa shape index (κ2) is 6.82. The van der Waals surface area contributed by atoms with Crippen molar-refractivity contribution in [3.05, 3.63) is 40.3 Å². The van der Waals surface area contributed by atoms with Crippen LogP contribution in [0.3, 0.4) is 0 Å². The minimum atomic E-state index is -0.301. The average molecular weight is 274 g/mol. The molecule has 0 amide bonds. The van der Waals surface area contributed by atoms with E-state index in [4.69, 9.17) is 10.3 Å². The molecule has 1 atom stereocenters. The third-order valence-corrected chi connectivity index (χ3v) is 3.36. The lowest BCUT2D eigenvalue weighted by Gasteiger charge is -2.32. The van der Waals surface area contributed by atoms with Gasteiger partial charge in [-0.1, -0.05) is 5.11 Å². The van der Waals surface area contributed by atoms with Gasteiger partial charge in [0.05, 0.1) is 18.2 Å². The number of benzene rings is 1. The molecule has 0 bridgehead atoms. The fraction of sp³-hybridized carbons (Fsp3) is 0.500. The van der Waals surface area contributed by atoms with E-state index < -0.39 is 0 Å². The maximum Gasteiger partial charge on any atom is 0.338 e. The Hall–Kier alpha value is -2.20. The van der Waals surface area contributed by atoms with E-state index in [2.05, 4.69) is 14.9 Å². The maximum absolute atomic E-state index is 11.6. The molecule has 1 aromatic rings. The van der Waals surface area contributed by atoms with Crippen molar-refractivity contribution in [2.24, 2.45) is 5.11 Å². The van der Waals surface area contributed by atoms with Crippen LogP contribution in [0, 0.1) is 0 Å². The summed E-state index contributed by atoms with van der Waals surface area (Å²) in [7, 11) is 0. The topological polar surface area (TPSA) is 78.3 Å². The molecule has 0 N–H and O–H groups in total. The minimum absolute atomic E-state index is 0.0264. The number of esters is 1. The maximum atomic E-state index is 11.6. The van der Waals surface area contributed by atoms with Crippen LogP contribution in [0.25, 0.3) is 10.4 Å². The highest BCUT2D eigenvalue weighted by Gasteiger charge is 2.19. The largest absolute Gasteiger partial charge is 0.462 e. The molecule has 1 saturated heterocycles. The summed E-state index contributed by atoms with van der Waals surface area (Å²) in [6, 6.07) is 7.38. The molecule has 106 valence electrons. The zero-order valence-corrected chi connectivity index (χ0v) is 11.5. The third-order valence-electron chi connectivity index (χ3n) is 3.36. The Labute approximate surface area is 118 Å². The Kier molecular flexibility index (Phi) is 4.85. The molecule has 1 aliphatic heterocycles. The molecule has 0 spiro atoms. The molecular formula is C14H18N4O2. The zero-order valence-electron chi connectivity index (χ0n) is 11.5. The fourth-order valence-electron chi connectivity index (χ4n) is 2.38. The van der Waals surface area contributed by atoms with Gasteiger partial charge in [-0.2, -0.15) is 0 Å². The normalized spacial score (nSPS) is 18.2. The van der Waals surface area contributed by atoms with Gasteiger partial charge < -0.3 is 9.64 Å². The predicted molar refractivity (Wildman–Crippen MR) is 76.8 cm³/mol. The number of azide groups is 1. The van der Waals surface area contributed by atoms with E-state index in [0.29, 0.717) is 12.2 Å². The number of hydrogen-bond donors (Lipinski definition) is 0. The third kappa shape index (κ3) is 3.42. The monoisotopic (exact) mass is 274 g/mol. The second-order valence-electron chi connectivity index (χ2n) is 4.71. The fourth-order valence-corrected chi connectivity index (χ4v) is 2.38. The molecule has 0 saturated carbocycles. The highest BCUT2D eigenvalue weighted by atomic mass is 16.5. The molecule has 0 radical (unpaired) electrons. The minimum Gasteiger partial charge on any atom is -0.462 e. The first-order valence-electron chi connectivity index (χ1n) is 6.81. The van der Waals surface area contributed by atoms with Crippen molar-refractivity contribution >= 4 is 11.7 Å². The highest BCUT2D eigenvalue weighted by molar-refractivity contribution is 5.89. The van der Waals surface area contributed by atoms with E-state index >= 15 is 0 Å². The van der Waals surface area contributed by atoms with Gasteiger partial charge in [0.1, 0.15) is 0 Å².